The topological polar surface area (TPSA) is 69.0 Å². The Hall–Kier alpha value is -2.61. The van der Waals surface area contributed by atoms with Gasteiger partial charge < -0.3 is 10.2 Å². The first kappa shape index (κ1) is 14.3. The number of carbonyl (C=O) groups excluding carboxylic acids is 1. The molecule has 1 aliphatic rings. The number of aromatic nitrogens is 1. The van der Waals surface area contributed by atoms with E-state index in [0.717, 1.165) is 42.7 Å². The smallest absolute Gasteiger partial charge is 0.217 e. The predicted octanol–water partition coefficient (Wildman–Crippen LogP) is 2.21. The number of amides is 1. The minimum absolute atomic E-state index is 0.00367. The average Bonchev–Trinajstić information content (AvgIpc) is 2.53. The van der Waals surface area contributed by atoms with Crippen molar-refractivity contribution < 1.29 is 4.79 Å². The van der Waals surface area contributed by atoms with Crippen molar-refractivity contribution in [2.24, 2.45) is 0 Å². The lowest BCUT2D eigenvalue weighted by Crippen LogP contribution is -2.47. The van der Waals surface area contributed by atoms with Crippen LogP contribution in [-0.4, -0.2) is 30.0 Å². The summed E-state index contributed by atoms with van der Waals surface area (Å²) in [7, 11) is 0. The van der Waals surface area contributed by atoms with Crippen molar-refractivity contribution >= 4 is 22.6 Å². The van der Waals surface area contributed by atoms with Gasteiger partial charge in [0.15, 0.2) is 0 Å². The number of nitriles is 1. The number of anilines is 1. The standard InChI is InChI=1S/C17H18N4O/c1-12(22)19-14-5-4-8-21(11-14)17-9-13(10-18)15-6-2-3-7-16(15)20-17/h2-3,6-7,9,14H,4-5,8,11H2,1H3,(H,19,22). The van der Waals surface area contributed by atoms with E-state index in [0.29, 0.717) is 5.56 Å². The number of nitrogens with zero attached hydrogens (tertiary/aromatic N) is 3. The molecule has 112 valence electrons. The lowest BCUT2D eigenvalue weighted by molar-refractivity contribution is -0.119. The summed E-state index contributed by atoms with van der Waals surface area (Å²) in [6, 6.07) is 11.9. The highest BCUT2D eigenvalue weighted by molar-refractivity contribution is 5.86. The molecule has 1 aromatic carbocycles. The summed E-state index contributed by atoms with van der Waals surface area (Å²) in [6.45, 7) is 3.17. The van der Waals surface area contributed by atoms with E-state index in [1.165, 1.54) is 0 Å². The Morgan fingerprint density at radius 1 is 1.45 bits per heavy atom. The van der Waals surface area contributed by atoms with Gasteiger partial charge in [-0.2, -0.15) is 5.26 Å². The van der Waals surface area contributed by atoms with Gasteiger partial charge in [0, 0.05) is 31.4 Å². The fraction of sp³-hybridized carbons (Fsp3) is 0.353. The van der Waals surface area contributed by atoms with E-state index in [4.69, 9.17) is 0 Å². The molecule has 0 bridgehead atoms. The minimum Gasteiger partial charge on any atom is -0.355 e. The number of nitrogens with one attached hydrogen (secondary N) is 1. The molecule has 0 radical (unpaired) electrons. The molecule has 0 aliphatic carbocycles. The normalized spacial score (nSPS) is 18.0. The van der Waals surface area contributed by atoms with E-state index in [2.05, 4.69) is 21.3 Å². The van der Waals surface area contributed by atoms with Crippen LogP contribution in [0.25, 0.3) is 10.9 Å². The van der Waals surface area contributed by atoms with E-state index in [-0.39, 0.29) is 11.9 Å². The second kappa shape index (κ2) is 6.02. The highest BCUT2D eigenvalue weighted by Gasteiger charge is 2.22. The molecule has 1 N–H and O–H groups in total. The lowest BCUT2D eigenvalue weighted by Gasteiger charge is -2.34. The van der Waals surface area contributed by atoms with Crippen molar-refractivity contribution in [2.75, 3.05) is 18.0 Å². The summed E-state index contributed by atoms with van der Waals surface area (Å²) in [4.78, 5) is 18.1. The van der Waals surface area contributed by atoms with Crippen molar-refractivity contribution in [3.05, 3.63) is 35.9 Å². The number of carbonyl (C=O) groups is 1. The quantitative estimate of drug-likeness (QED) is 0.922. The number of pyridine rings is 1. The van der Waals surface area contributed by atoms with E-state index in [1.807, 2.05) is 30.3 Å². The molecular formula is C17H18N4O. The predicted molar refractivity (Wildman–Crippen MR) is 85.5 cm³/mol. The van der Waals surface area contributed by atoms with Crippen LogP contribution in [0.15, 0.2) is 30.3 Å². The number of rotatable bonds is 2. The third kappa shape index (κ3) is 2.86. The summed E-state index contributed by atoms with van der Waals surface area (Å²) >= 11 is 0. The van der Waals surface area contributed by atoms with Gasteiger partial charge in [0.25, 0.3) is 0 Å². The van der Waals surface area contributed by atoms with Gasteiger partial charge in [-0.3, -0.25) is 4.79 Å². The van der Waals surface area contributed by atoms with E-state index in [9.17, 15) is 10.1 Å². The molecule has 22 heavy (non-hydrogen) atoms. The van der Waals surface area contributed by atoms with E-state index in [1.54, 1.807) is 6.92 Å². The third-order valence-corrected chi connectivity index (χ3v) is 3.98. The molecule has 0 saturated carbocycles. The van der Waals surface area contributed by atoms with Crippen LogP contribution in [0, 0.1) is 11.3 Å². The molecular weight excluding hydrogens is 276 g/mol. The zero-order valence-corrected chi connectivity index (χ0v) is 12.5. The Labute approximate surface area is 129 Å². The Kier molecular flexibility index (Phi) is 3.92. The number of hydrogen-bond acceptors (Lipinski definition) is 4. The molecule has 1 saturated heterocycles. The van der Waals surface area contributed by atoms with Crippen LogP contribution in [0.3, 0.4) is 0 Å². The van der Waals surface area contributed by atoms with Crippen molar-refractivity contribution in [3.8, 4) is 6.07 Å². The van der Waals surface area contributed by atoms with E-state index < -0.39 is 0 Å². The van der Waals surface area contributed by atoms with Crippen LogP contribution in [0.2, 0.25) is 0 Å². The summed E-state index contributed by atoms with van der Waals surface area (Å²) in [5, 5.41) is 13.2. The Morgan fingerprint density at radius 3 is 3.05 bits per heavy atom. The van der Waals surface area contributed by atoms with Crippen LogP contribution in [0.5, 0.6) is 0 Å². The molecule has 1 aromatic heterocycles. The molecule has 0 spiro atoms. The zero-order valence-electron chi connectivity index (χ0n) is 12.5. The number of piperidine rings is 1. The van der Waals surface area contributed by atoms with Crippen molar-refractivity contribution in [2.45, 2.75) is 25.8 Å². The molecule has 5 nitrogen and oxygen atoms in total. The van der Waals surface area contributed by atoms with Crippen molar-refractivity contribution in [1.82, 2.24) is 10.3 Å². The molecule has 3 rings (SSSR count). The molecule has 2 aromatic rings. The fourth-order valence-corrected chi connectivity index (χ4v) is 3.01. The minimum atomic E-state index is -0.00367. The molecule has 2 heterocycles. The average molecular weight is 294 g/mol. The first-order chi connectivity index (χ1) is 10.7. The van der Waals surface area contributed by atoms with Gasteiger partial charge in [0.2, 0.25) is 5.91 Å². The SMILES string of the molecule is CC(=O)NC1CCCN(c2cc(C#N)c3ccccc3n2)C1. The van der Waals surface area contributed by atoms with Gasteiger partial charge in [0.05, 0.1) is 17.1 Å². The first-order valence-corrected chi connectivity index (χ1v) is 7.49. The molecule has 1 aliphatic heterocycles. The van der Waals surface area contributed by atoms with Crippen molar-refractivity contribution in [3.63, 3.8) is 0 Å². The highest BCUT2D eigenvalue weighted by Crippen LogP contribution is 2.24. The van der Waals surface area contributed by atoms with Crippen LogP contribution in [0.4, 0.5) is 5.82 Å². The molecule has 1 unspecified atom stereocenters. The van der Waals surface area contributed by atoms with Crippen LogP contribution in [-0.2, 0) is 4.79 Å². The number of para-hydroxylation sites is 1. The maximum Gasteiger partial charge on any atom is 0.217 e. The van der Waals surface area contributed by atoms with Gasteiger partial charge in [0.1, 0.15) is 5.82 Å². The summed E-state index contributed by atoms with van der Waals surface area (Å²) in [5.41, 5.74) is 1.47. The second-order valence-corrected chi connectivity index (χ2v) is 5.64. The second-order valence-electron chi connectivity index (χ2n) is 5.64. The fourth-order valence-electron chi connectivity index (χ4n) is 3.01. The summed E-state index contributed by atoms with van der Waals surface area (Å²) in [5.74, 6) is 0.807. The van der Waals surface area contributed by atoms with Gasteiger partial charge in [-0.25, -0.2) is 4.98 Å². The van der Waals surface area contributed by atoms with Gasteiger partial charge in [-0.15, -0.1) is 0 Å². The van der Waals surface area contributed by atoms with Gasteiger partial charge in [-0.1, -0.05) is 18.2 Å². The number of hydrogen-bond donors (Lipinski definition) is 1. The Morgan fingerprint density at radius 2 is 2.27 bits per heavy atom. The van der Waals surface area contributed by atoms with Crippen LogP contribution in [0.1, 0.15) is 25.3 Å². The Balaban J connectivity index is 1.92. The molecule has 1 fully saturated rings. The lowest BCUT2D eigenvalue weighted by atomic mass is 10.0. The molecule has 5 heteroatoms. The number of fused-ring (bicyclic) bond motifs is 1. The molecule has 1 atom stereocenters. The maximum atomic E-state index is 11.2. The highest BCUT2D eigenvalue weighted by atomic mass is 16.1. The third-order valence-electron chi connectivity index (χ3n) is 3.98. The summed E-state index contributed by atoms with van der Waals surface area (Å²) in [6.07, 6.45) is 1.98. The van der Waals surface area contributed by atoms with Gasteiger partial charge in [-0.05, 0) is 25.0 Å². The summed E-state index contributed by atoms with van der Waals surface area (Å²) < 4.78 is 0. The van der Waals surface area contributed by atoms with Crippen molar-refractivity contribution in [1.29, 1.82) is 5.26 Å². The number of benzene rings is 1. The maximum absolute atomic E-state index is 11.2. The largest absolute Gasteiger partial charge is 0.355 e. The van der Waals surface area contributed by atoms with Crippen LogP contribution < -0.4 is 10.2 Å². The van der Waals surface area contributed by atoms with E-state index >= 15 is 0 Å². The van der Waals surface area contributed by atoms with Crippen LogP contribution >= 0.6 is 0 Å². The van der Waals surface area contributed by atoms with Gasteiger partial charge >= 0.3 is 0 Å². The Bertz CT molecular complexity index is 750. The zero-order chi connectivity index (χ0) is 15.5. The first-order valence-electron chi connectivity index (χ1n) is 7.49. The monoisotopic (exact) mass is 294 g/mol. The molecule has 1 amide bonds.